The largest absolute Gasteiger partial charge is 0.462 e. The van der Waals surface area contributed by atoms with E-state index in [1.807, 2.05) is 42.8 Å². The number of anilines is 1. The van der Waals surface area contributed by atoms with E-state index in [0.29, 0.717) is 34.3 Å². The number of ether oxygens (including phenoxy) is 1. The lowest BCUT2D eigenvalue weighted by Gasteiger charge is -2.11. The number of carbonyl (C=O) groups excluding carboxylic acids is 3. The average molecular weight is 492 g/mol. The second-order valence-electron chi connectivity index (χ2n) is 7.83. The first-order valence-corrected chi connectivity index (χ1v) is 11.9. The molecule has 0 aliphatic carbocycles. The summed E-state index contributed by atoms with van der Waals surface area (Å²) in [6, 6.07) is 9.03. The van der Waals surface area contributed by atoms with Crippen molar-refractivity contribution < 1.29 is 19.1 Å². The number of aromatic nitrogens is 3. The van der Waals surface area contributed by atoms with Gasteiger partial charge in [-0.1, -0.05) is 18.2 Å². The van der Waals surface area contributed by atoms with Gasteiger partial charge in [0.05, 0.1) is 40.0 Å². The minimum Gasteiger partial charge on any atom is -0.462 e. The van der Waals surface area contributed by atoms with E-state index in [0.717, 1.165) is 22.6 Å². The molecule has 4 rings (SSSR count). The number of para-hydroxylation sites is 1. The zero-order valence-corrected chi connectivity index (χ0v) is 20.7. The van der Waals surface area contributed by atoms with Crippen molar-refractivity contribution >= 4 is 45.0 Å². The van der Waals surface area contributed by atoms with Crippen molar-refractivity contribution in [1.82, 2.24) is 14.8 Å². The Morgan fingerprint density at radius 1 is 1.17 bits per heavy atom. The normalized spacial score (nSPS) is 11.0. The van der Waals surface area contributed by atoms with Crippen LogP contribution in [0.25, 0.3) is 22.2 Å². The second kappa shape index (κ2) is 9.67. The number of benzene rings is 1. The lowest BCUT2D eigenvalue weighted by Crippen LogP contribution is -2.16. The fourth-order valence-electron chi connectivity index (χ4n) is 3.97. The van der Waals surface area contributed by atoms with Crippen molar-refractivity contribution in [2.24, 2.45) is 5.73 Å². The molecule has 1 aromatic carbocycles. The van der Waals surface area contributed by atoms with Crippen LogP contribution in [0, 0.1) is 13.8 Å². The third kappa shape index (κ3) is 4.40. The molecule has 0 aliphatic heterocycles. The molecule has 0 saturated carbocycles. The number of thiophene rings is 1. The number of nitrogens with two attached hydrogens (primary N) is 1. The topological polar surface area (TPSA) is 129 Å². The van der Waals surface area contributed by atoms with E-state index in [1.54, 1.807) is 26.1 Å². The molecule has 0 radical (unpaired) electrons. The van der Waals surface area contributed by atoms with Crippen LogP contribution in [0.15, 0.2) is 36.5 Å². The van der Waals surface area contributed by atoms with Crippen molar-refractivity contribution in [3.63, 3.8) is 0 Å². The first kappa shape index (κ1) is 24.1. The summed E-state index contributed by atoms with van der Waals surface area (Å²) >= 11 is 0.950. The van der Waals surface area contributed by atoms with Gasteiger partial charge < -0.3 is 15.8 Å². The molecule has 0 saturated heterocycles. The Morgan fingerprint density at radius 3 is 2.57 bits per heavy atom. The minimum absolute atomic E-state index is 0.123. The van der Waals surface area contributed by atoms with E-state index in [2.05, 4.69) is 10.4 Å². The number of hydrogen-bond donors (Lipinski definition) is 2. The van der Waals surface area contributed by atoms with Crippen molar-refractivity contribution in [2.75, 3.05) is 11.9 Å². The van der Waals surface area contributed by atoms with E-state index >= 15 is 0 Å². The molecule has 9 nitrogen and oxygen atoms in total. The van der Waals surface area contributed by atoms with Gasteiger partial charge in [0, 0.05) is 23.2 Å². The number of rotatable bonds is 7. The summed E-state index contributed by atoms with van der Waals surface area (Å²) in [7, 11) is 0. The summed E-state index contributed by atoms with van der Waals surface area (Å²) in [6.07, 6.45) is 1.73. The minimum atomic E-state index is -0.682. The molecule has 0 unspecified atom stereocenters. The lowest BCUT2D eigenvalue weighted by molar-refractivity contribution is 0.0527. The van der Waals surface area contributed by atoms with E-state index in [-0.39, 0.29) is 22.0 Å². The van der Waals surface area contributed by atoms with E-state index in [1.165, 1.54) is 0 Å². The molecule has 3 aromatic heterocycles. The van der Waals surface area contributed by atoms with Gasteiger partial charge in [0.2, 0.25) is 0 Å². The maximum absolute atomic E-state index is 13.6. The van der Waals surface area contributed by atoms with Gasteiger partial charge in [-0.25, -0.2) is 9.78 Å². The number of pyridine rings is 1. The number of primary amides is 1. The van der Waals surface area contributed by atoms with E-state index in [4.69, 9.17) is 15.5 Å². The van der Waals surface area contributed by atoms with Gasteiger partial charge >= 0.3 is 5.97 Å². The summed E-state index contributed by atoms with van der Waals surface area (Å²) in [6.45, 7) is 8.10. The van der Waals surface area contributed by atoms with Crippen LogP contribution in [0.2, 0.25) is 0 Å². The van der Waals surface area contributed by atoms with E-state index < -0.39 is 17.8 Å². The Balaban J connectivity index is 1.82. The predicted molar refractivity (Wildman–Crippen MR) is 135 cm³/mol. The lowest BCUT2D eigenvalue weighted by atomic mass is 10.0. The molecule has 2 amide bonds. The quantitative estimate of drug-likeness (QED) is 0.370. The van der Waals surface area contributed by atoms with Crippen LogP contribution in [-0.4, -0.2) is 39.2 Å². The number of nitrogens with one attached hydrogen (secondary N) is 1. The first-order valence-electron chi connectivity index (χ1n) is 11.1. The standard InChI is InChI=1S/C25H25N5O4S/c1-5-30-14(4)17(12-27-30)19-11-16(15-9-7-8-10-18(15)28-19)23(32)29-24-20(25(33)34-6-2)13(3)21(35-24)22(26)31/h7-12H,5-6H2,1-4H3,(H2,26,31)(H,29,32). The molecule has 10 heteroatoms. The van der Waals surface area contributed by atoms with Gasteiger partial charge in [-0.05, 0) is 45.4 Å². The van der Waals surface area contributed by atoms with Crippen LogP contribution in [0.1, 0.15) is 55.5 Å². The smallest absolute Gasteiger partial charge is 0.341 e. The van der Waals surface area contributed by atoms with E-state index in [9.17, 15) is 14.4 Å². The molecule has 0 aliphatic rings. The molecular weight excluding hydrogens is 466 g/mol. The maximum Gasteiger partial charge on any atom is 0.341 e. The monoisotopic (exact) mass is 491 g/mol. The Hall–Kier alpha value is -4.05. The third-order valence-corrected chi connectivity index (χ3v) is 6.94. The molecular formula is C25H25N5O4S. The van der Waals surface area contributed by atoms with Gasteiger partial charge in [-0.2, -0.15) is 5.10 Å². The summed E-state index contributed by atoms with van der Waals surface area (Å²) in [5.74, 6) is -1.77. The Labute approximate surface area is 205 Å². The van der Waals surface area contributed by atoms with Crippen molar-refractivity contribution in [3.8, 4) is 11.3 Å². The molecule has 3 heterocycles. The highest BCUT2D eigenvalue weighted by atomic mass is 32.1. The number of esters is 1. The number of fused-ring (bicyclic) bond motifs is 1. The number of hydrogen-bond acceptors (Lipinski definition) is 7. The summed E-state index contributed by atoms with van der Waals surface area (Å²) in [5, 5.41) is 8.05. The first-order chi connectivity index (χ1) is 16.8. The fourth-order valence-corrected chi connectivity index (χ4v) is 5.02. The van der Waals surface area contributed by atoms with Gasteiger partial charge in [0.15, 0.2) is 0 Å². The molecule has 35 heavy (non-hydrogen) atoms. The highest BCUT2D eigenvalue weighted by Gasteiger charge is 2.26. The Kier molecular flexibility index (Phi) is 6.65. The molecule has 0 atom stereocenters. The third-order valence-electron chi connectivity index (χ3n) is 5.72. The van der Waals surface area contributed by atoms with Crippen molar-refractivity contribution in [3.05, 3.63) is 63.8 Å². The molecule has 0 fully saturated rings. The summed E-state index contributed by atoms with van der Waals surface area (Å²) < 4.78 is 7.01. The predicted octanol–water partition coefficient (Wildman–Crippen LogP) is 4.32. The molecule has 0 bridgehead atoms. The molecule has 180 valence electrons. The molecule has 4 aromatic rings. The van der Waals surface area contributed by atoms with Crippen LogP contribution in [0.5, 0.6) is 0 Å². The Bertz CT molecular complexity index is 1470. The highest BCUT2D eigenvalue weighted by molar-refractivity contribution is 7.18. The van der Waals surface area contributed by atoms with Crippen LogP contribution in [0.3, 0.4) is 0 Å². The molecule has 0 spiro atoms. The number of aryl methyl sites for hydroxylation is 1. The summed E-state index contributed by atoms with van der Waals surface area (Å²) in [4.78, 5) is 43.0. The fraction of sp³-hybridized carbons (Fsp3) is 0.240. The maximum atomic E-state index is 13.6. The van der Waals surface area contributed by atoms with Gasteiger partial charge in [-0.15, -0.1) is 11.3 Å². The molecule has 3 N–H and O–H groups in total. The number of carbonyl (C=O) groups is 3. The number of nitrogens with zero attached hydrogens (tertiary/aromatic N) is 3. The van der Waals surface area contributed by atoms with Crippen LogP contribution in [0.4, 0.5) is 5.00 Å². The van der Waals surface area contributed by atoms with Gasteiger partial charge in [0.1, 0.15) is 5.00 Å². The zero-order chi connectivity index (χ0) is 25.3. The Morgan fingerprint density at radius 2 is 1.91 bits per heavy atom. The SMILES string of the molecule is CCOC(=O)c1c(NC(=O)c2cc(-c3cnn(CC)c3C)nc3ccccc23)sc(C(N)=O)c1C. The van der Waals surface area contributed by atoms with Crippen LogP contribution in [-0.2, 0) is 11.3 Å². The van der Waals surface area contributed by atoms with Crippen LogP contribution < -0.4 is 11.1 Å². The second-order valence-corrected chi connectivity index (χ2v) is 8.85. The zero-order valence-electron chi connectivity index (χ0n) is 19.8. The van der Waals surface area contributed by atoms with Crippen molar-refractivity contribution in [1.29, 1.82) is 0 Å². The van der Waals surface area contributed by atoms with Crippen molar-refractivity contribution in [2.45, 2.75) is 34.2 Å². The summed E-state index contributed by atoms with van der Waals surface area (Å²) in [5.41, 5.74) is 9.37. The highest BCUT2D eigenvalue weighted by Crippen LogP contribution is 2.35. The van der Waals surface area contributed by atoms with Crippen LogP contribution >= 0.6 is 11.3 Å². The van der Waals surface area contributed by atoms with Gasteiger partial charge in [0.25, 0.3) is 11.8 Å². The average Bonchev–Trinajstić information content (AvgIpc) is 3.37. The van der Waals surface area contributed by atoms with Gasteiger partial charge in [-0.3, -0.25) is 14.3 Å². The number of amides is 2.